The lowest BCUT2D eigenvalue weighted by atomic mass is 9.77. The molecular weight excluding hydrogens is 272 g/mol. The normalized spacial score (nSPS) is 25.2. The molecule has 1 aromatic rings. The van der Waals surface area contributed by atoms with Crippen molar-refractivity contribution in [3.63, 3.8) is 0 Å². The molecule has 22 heavy (non-hydrogen) atoms. The zero-order chi connectivity index (χ0) is 15.6. The third kappa shape index (κ3) is 3.37. The first-order chi connectivity index (χ1) is 10.6. The van der Waals surface area contributed by atoms with Crippen molar-refractivity contribution in [1.82, 2.24) is 9.80 Å². The van der Waals surface area contributed by atoms with Crippen molar-refractivity contribution in [2.45, 2.75) is 38.1 Å². The van der Waals surface area contributed by atoms with Gasteiger partial charge in [0.1, 0.15) is 0 Å². The van der Waals surface area contributed by atoms with Crippen LogP contribution in [0.25, 0.3) is 0 Å². The molecule has 1 aromatic carbocycles. The molecule has 1 unspecified atom stereocenters. The Balaban J connectivity index is 1.60. The van der Waals surface area contributed by atoms with E-state index < -0.39 is 0 Å². The zero-order valence-electron chi connectivity index (χ0n) is 14.1. The van der Waals surface area contributed by atoms with E-state index in [0.717, 1.165) is 32.5 Å². The molecular formula is C19H30N2O. The van der Waals surface area contributed by atoms with Gasteiger partial charge in [-0.05, 0) is 70.4 Å². The SMILES string of the molecule is CN(C)CC1(CO)CCN(C2CCc3ccccc3C2)CC1. The molecule has 1 atom stereocenters. The Morgan fingerprint density at radius 1 is 1.18 bits per heavy atom. The van der Waals surface area contributed by atoms with Crippen molar-refractivity contribution in [3.8, 4) is 0 Å². The number of benzene rings is 1. The number of hydrogen-bond donors (Lipinski definition) is 1. The second kappa shape index (κ2) is 6.69. The summed E-state index contributed by atoms with van der Waals surface area (Å²) in [6.07, 6.45) is 5.96. The topological polar surface area (TPSA) is 26.7 Å². The summed E-state index contributed by atoms with van der Waals surface area (Å²) in [5.41, 5.74) is 3.21. The summed E-state index contributed by atoms with van der Waals surface area (Å²) in [5.74, 6) is 0. The first-order valence-electron chi connectivity index (χ1n) is 8.68. The predicted molar refractivity (Wildman–Crippen MR) is 91.1 cm³/mol. The zero-order valence-corrected chi connectivity index (χ0v) is 14.1. The van der Waals surface area contributed by atoms with Gasteiger partial charge in [-0.2, -0.15) is 0 Å². The maximum absolute atomic E-state index is 9.87. The lowest BCUT2D eigenvalue weighted by molar-refractivity contribution is 0.00843. The number of nitrogens with zero attached hydrogens (tertiary/aromatic N) is 2. The average Bonchev–Trinajstić information content (AvgIpc) is 2.54. The lowest BCUT2D eigenvalue weighted by Gasteiger charge is -2.45. The summed E-state index contributed by atoms with van der Waals surface area (Å²) >= 11 is 0. The number of rotatable bonds is 4. The van der Waals surface area contributed by atoms with Crippen LogP contribution in [-0.2, 0) is 12.8 Å². The van der Waals surface area contributed by atoms with Gasteiger partial charge in [-0.15, -0.1) is 0 Å². The number of aliphatic hydroxyl groups excluding tert-OH is 1. The van der Waals surface area contributed by atoms with E-state index >= 15 is 0 Å². The van der Waals surface area contributed by atoms with Gasteiger partial charge in [0.05, 0.1) is 6.61 Å². The molecule has 0 radical (unpaired) electrons. The molecule has 0 amide bonds. The fourth-order valence-corrected chi connectivity index (χ4v) is 4.39. The Hall–Kier alpha value is -0.900. The third-order valence-corrected chi connectivity index (χ3v) is 5.68. The van der Waals surface area contributed by atoms with E-state index in [1.165, 1.54) is 19.3 Å². The van der Waals surface area contributed by atoms with E-state index in [1.807, 2.05) is 0 Å². The summed E-state index contributed by atoms with van der Waals surface area (Å²) in [4.78, 5) is 4.91. The van der Waals surface area contributed by atoms with Gasteiger partial charge in [-0.25, -0.2) is 0 Å². The number of fused-ring (bicyclic) bond motifs is 1. The second-order valence-corrected chi connectivity index (χ2v) is 7.60. The highest BCUT2D eigenvalue weighted by Crippen LogP contribution is 2.34. The maximum Gasteiger partial charge on any atom is 0.0500 e. The van der Waals surface area contributed by atoms with Crippen LogP contribution in [0.4, 0.5) is 0 Å². The van der Waals surface area contributed by atoms with Gasteiger partial charge in [0, 0.05) is 18.0 Å². The Morgan fingerprint density at radius 3 is 2.50 bits per heavy atom. The second-order valence-electron chi connectivity index (χ2n) is 7.60. The summed E-state index contributed by atoms with van der Waals surface area (Å²) in [5, 5.41) is 9.87. The van der Waals surface area contributed by atoms with Crippen molar-refractivity contribution >= 4 is 0 Å². The molecule has 0 aromatic heterocycles. The van der Waals surface area contributed by atoms with Gasteiger partial charge in [-0.3, -0.25) is 0 Å². The van der Waals surface area contributed by atoms with Crippen LogP contribution in [0, 0.1) is 5.41 Å². The largest absolute Gasteiger partial charge is 0.396 e. The maximum atomic E-state index is 9.87. The van der Waals surface area contributed by atoms with Crippen LogP contribution >= 0.6 is 0 Å². The van der Waals surface area contributed by atoms with Crippen molar-refractivity contribution < 1.29 is 5.11 Å². The lowest BCUT2D eigenvalue weighted by Crippen LogP contribution is -2.50. The van der Waals surface area contributed by atoms with Crippen LogP contribution in [0.3, 0.4) is 0 Å². The predicted octanol–water partition coefficient (Wildman–Crippen LogP) is 2.18. The monoisotopic (exact) mass is 302 g/mol. The standard InChI is InChI=1S/C19H30N2O/c1-20(2)14-19(15-22)9-11-21(12-10-19)18-8-7-16-5-3-4-6-17(16)13-18/h3-6,18,22H,7-15H2,1-2H3. The van der Waals surface area contributed by atoms with E-state index in [-0.39, 0.29) is 5.41 Å². The Morgan fingerprint density at radius 2 is 1.86 bits per heavy atom. The summed E-state index contributed by atoms with van der Waals surface area (Å²) < 4.78 is 0. The van der Waals surface area contributed by atoms with Gasteiger partial charge >= 0.3 is 0 Å². The fourth-order valence-electron chi connectivity index (χ4n) is 4.39. The molecule has 1 saturated heterocycles. The van der Waals surface area contributed by atoms with Crippen LogP contribution in [0.1, 0.15) is 30.4 Å². The highest BCUT2D eigenvalue weighted by molar-refractivity contribution is 5.30. The highest BCUT2D eigenvalue weighted by atomic mass is 16.3. The number of aryl methyl sites for hydroxylation is 1. The number of piperidine rings is 1. The molecule has 122 valence electrons. The van der Waals surface area contributed by atoms with Gasteiger partial charge in [0.25, 0.3) is 0 Å². The molecule has 2 aliphatic rings. The quantitative estimate of drug-likeness (QED) is 0.923. The number of hydrogen-bond acceptors (Lipinski definition) is 3. The molecule has 1 aliphatic heterocycles. The Bertz CT molecular complexity index is 492. The van der Waals surface area contributed by atoms with E-state index in [9.17, 15) is 5.11 Å². The molecule has 0 bridgehead atoms. The molecule has 1 aliphatic carbocycles. The van der Waals surface area contributed by atoms with Crippen molar-refractivity contribution in [3.05, 3.63) is 35.4 Å². The third-order valence-electron chi connectivity index (χ3n) is 5.68. The minimum Gasteiger partial charge on any atom is -0.396 e. The van der Waals surface area contributed by atoms with Gasteiger partial charge in [0.2, 0.25) is 0 Å². The van der Waals surface area contributed by atoms with Crippen molar-refractivity contribution in [1.29, 1.82) is 0 Å². The van der Waals surface area contributed by atoms with Crippen LogP contribution in [-0.4, -0.2) is 61.3 Å². The molecule has 1 heterocycles. The minimum atomic E-state index is 0.118. The van der Waals surface area contributed by atoms with E-state index in [0.29, 0.717) is 12.6 Å². The smallest absolute Gasteiger partial charge is 0.0500 e. The van der Waals surface area contributed by atoms with E-state index in [2.05, 4.69) is 48.2 Å². The van der Waals surface area contributed by atoms with Crippen molar-refractivity contribution in [2.24, 2.45) is 5.41 Å². The van der Waals surface area contributed by atoms with Gasteiger partial charge in [0.15, 0.2) is 0 Å². The van der Waals surface area contributed by atoms with Crippen molar-refractivity contribution in [2.75, 3.05) is 40.3 Å². The molecule has 0 saturated carbocycles. The summed E-state index contributed by atoms with van der Waals surface area (Å²) in [6.45, 7) is 3.61. The van der Waals surface area contributed by atoms with Gasteiger partial charge in [-0.1, -0.05) is 24.3 Å². The van der Waals surface area contributed by atoms with E-state index in [1.54, 1.807) is 11.1 Å². The summed E-state index contributed by atoms with van der Waals surface area (Å²) in [6, 6.07) is 9.62. The molecule has 3 nitrogen and oxygen atoms in total. The molecule has 1 fully saturated rings. The highest BCUT2D eigenvalue weighted by Gasteiger charge is 2.36. The number of likely N-dealkylation sites (tertiary alicyclic amines) is 1. The first-order valence-corrected chi connectivity index (χ1v) is 8.68. The van der Waals surface area contributed by atoms with Crippen LogP contribution < -0.4 is 0 Å². The van der Waals surface area contributed by atoms with Crippen LogP contribution in [0.15, 0.2) is 24.3 Å². The summed E-state index contributed by atoms with van der Waals surface area (Å²) in [7, 11) is 4.23. The molecule has 0 spiro atoms. The average molecular weight is 302 g/mol. The molecule has 1 N–H and O–H groups in total. The van der Waals surface area contributed by atoms with Crippen LogP contribution in [0.5, 0.6) is 0 Å². The Labute approximate surface area is 134 Å². The fraction of sp³-hybridized carbons (Fsp3) is 0.684. The van der Waals surface area contributed by atoms with E-state index in [4.69, 9.17) is 0 Å². The number of aliphatic hydroxyl groups is 1. The molecule has 3 heteroatoms. The minimum absolute atomic E-state index is 0.118. The first kappa shape index (κ1) is 16.0. The Kier molecular flexibility index (Phi) is 4.86. The molecule has 3 rings (SSSR count). The van der Waals surface area contributed by atoms with Crippen LogP contribution in [0.2, 0.25) is 0 Å². The van der Waals surface area contributed by atoms with Gasteiger partial charge < -0.3 is 14.9 Å².